The van der Waals surface area contributed by atoms with Crippen molar-refractivity contribution in [1.82, 2.24) is 14.5 Å². The molecule has 0 radical (unpaired) electrons. The molecule has 2 aliphatic rings. The number of aliphatic imine (C=N–C) groups is 1. The highest BCUT2D eigenvalue weighted by Crippen LogP contribution is 2.42. The lowest BCUT2D eigenvalue weighted by molar-refractivity contribution is -0.127. The summed E-state index contributed by atoms with van der Waals surface area (Å²) in [6.07, 6.45) is -0.582. The lowest BCUT2D eigenvalue weighted by atomic mass is 9.78. The van der Waals surface area contributed by atoms with E-state index >= 15 is 0 Å². The number of fused-ring (bicyclic) bond motifs is 4. The van der Waals surface area contributed by atoms with Gasteiger partial charge in [0.05, 0.1) is 5.69 Å². The number of nitrogens with one attached hydrogen (secondary N) is 1. The number of nitrogens with two attached hydrogens (primary N) is 1. The van der Waals surface area contributed by atoms with E-state index in [1.54, 1.807) is 0 Å². The van der Waals surface area contributed by atoms with Crippen LogP contribution in [0.15, 0.2) is 40.4 Å². The first-order valence-corrected chi connectivity index (χ1v) is 12.6. The molecule has 190 valence electrons. The predicted octanol–water partition coefficient (Wildman–Crippen LogP) is 3.55. The van der Waals surface area contributed by atoms with E-state index in [1.807, 2.05) is 0 Å². The van der Waals surface area contributed by atoms with Gasteiger partial charge in [0.25, 0.3) is 0 Å². The van der Waals surface area contributed by atoms with Crippen molar-refractivity contribution in [1.29, 1.82) is 0 Å². The van der Waals surface area contributed by atoms with E-state index in [9.17, 15) is 30.8 Å². The molecule has 0 unspecified atom stereocenters. The molecule has 1 spiro atoms. The van der Waals surface area contributed by atoms with E-state index in [0.717, 1.165) is 18.6 Å². The number of hydrogen-bond acceptors (Lipinski definition) is 7. The van der Waals surface area contributed by atoms with Crippen LogP contribution in [0.5, 0.6) is 0 Å². The maximum absolute atomic E-state index is 14.3. The number of rotatable bonds is 3. The Morgan fingerprint density at radius 3 is 2.47 bits per heavy atom. The standard InChI is InChI=1S/C22H20F4N6O3S/c23-14-9-13(4-5-16(14)36(27,34)35)30-20-29-10-12-8-15-18(22(24,25)26)28-11-17(33)21(6-2-1-3-7-21)32(15)19(12)31-20/h4-5,8-10H,1-3,6-7,11H2,(H2,27,34,35)(H,29,30,31). The highest BCUT2D eigenvalue weighted by molar-refractivity contribution is 7.89. The zero-order chi connectivity index (χ0) is 25.9. The Bertz CT molecular complexity index is 1520. The van der Waals surface area contributed by atoms with Crippen LogP contribution in [0.2, 0.25) is 0 Å². The first kappa shape index (κ1) is 24.3. The molecule has 0 amide bonds. The SMILES string of the molecule is NS(=O)(=O)c1ccc(Nc2ncc3cc4n(c3n2)C2(CCCCC2)C(=O)CN=C4C(F)(F)F)cc1F. The maximum atomic E-state index is 14.3. The van der Waals surface area contributed by atoms with Gasteiger partial charge in [-0.2, -0.15) is 18.2 Å². The van der Waals surface area contributed by atoms with Crippen LogP contribution in [-0.2, 0) is 20.4 Å². The van der Waals surface area contributed by atoms with Gasteiger partial charge in [-0.3, -0.25) is 9.79 Å². The van der Waals surface area contributed by atoms with Crippen molar-refractivity contribution in [2.45, 2.75) is 48.7 Å². The number of benzene rings is 1. The number of halogens is 4. The minimum Gasteiger partial charge on any atom is -0.324 e. The summed E-state index contributed by atoms with van der Waals surface area (Å²) in [6.45, 7) is -0.579. The Kier molecular flexibility index (Phi) is 5.63. The van der Waals surface area contributed by atoms with Crippen LogP contribution < -0.4 is 10.5 Å². The van der Waals surface area contributed by atoms with Crippen LogP contribution in [0.1, 0.15) is 37.8 Å². The summed E-state index contributed by atoms with van der Waals surface area (Å²) in [5, 5.41) is 7.98. The Morgan fingerprint density at radius 2 is 1.83 bits per heavy atom. The second-order valence-electron chi connectivity index (χ2n) is 8.83. The molecule has 3 N–H and O–H groups in total. The molecule has 5 rings (SSSR count). The van der Waals surface area contributed by atoms with Crippen molar-refractivity contribution in [3.8, 4) is 0 Å². The van der Waals surface area contributed by atoms with Gasteiger partial charge in [0, 0.05) is 17.3 Å². The van der Waals surface area contributed by atoms with Crippen molar-refractivity contribution in [3.05, 3.63) is 42.0 Å². The summed E-state index contributed by atoms with van der Waals surface area (Å²) in [4.78, 5) is 24.7. The lowest BCUT2D eigenvalue weighted by Gasteiger charge is -2.37. The van der Waals surface area contributed by atoms with Crippen LogP contribution in [0, 0.1) is 5.82 Å². The first-order chi connectivity index (χ1) is 16.9. The van der Waals surface area contributed by atoms with Gasteiger partial charge in [0.2, 0.25) is 16.0 Å². The van der Waals surface area contributed by atoms with Crippen LogP contribution in [0.25, 0.3) is 11.0 Å². The lowest BCUT2D eigenvalue weighted by Crippen LogP contribution is -2.45. The number of aromatic nitrogens is 3. The number of hydrogen-bond donors (Lipinski definition) is 2. The predicted molar refractivity (Wildman–Crippen MR) is 122 cm³/mol. The summed E-state index contributed by atoms with van der Waals surface area (Å²) < 4.78 is 80.3. The quantitative estimate of drug-likeness (QED) is 0.504. The average molecular weight is 525 g/mol. The molecule has 1 aromatic carbocycles. The fraction of sp³-hybridized carbons (Fsp3) is 0.364. The smallest absolute Gasteiger partial charge is 0.324 e. The number of primary sulfonamides is 1. The largest absolute Gasteiger partial charge is 0.435 e. The zero-order valence-electron chi connectivity index (χ0n) is 18.6. The topological polar surface area (TPSA) is 132 Å². The summed E-state index contributed by atoms with van der Waals surface area (Å²) in [6, 6.07) is 4.37. The molecule has 2 aromatic heterocycles. The molecule has 1 saturated carbocycles. The van der Waals surface area contributed by atoms with Gasteiger partial charge < -0.3 is 9.88 Å². The number of carbonyl (C=O) groups excluding carboxylic acids is 1. The maximum Gasteiger partial charge on any atom is 0.435 e. The Hall–Kier alpha value is -3.39. The van der Waals surface area contributed by atoms with E-state index in [1.165, 1.54) is 22.9 Å². The summed E-state index contributed by atoms with van der Waals surface area (Å²) in [5.74, 6) is -1.59. The van der Waals surface area contributed by atoms with Crippen molar-refractivity contribution in [2.75, 3.05) is 11.9 Å². The van der Waals surface area contributed by atoms with E-state index in [4.69, 9.17) is 5.14 Å². The molecule has 9 nitrogen and oxygen atoms in total. The van der Waals surface area contributed by atoms with E-state index in [2.05, 4.69) is 20.3 Å². The molecule has 3 heterocycles. The zero-order valence-corrected chi connectivity index (χ0v) is 19.5. The summed E-state index contributed by atoms with van der Waals surface area (Å²) in [7, 11) is -4.27. The van der Waals surface area contributed by atoms with Gasteiger partial charge in [0.1, 0.15) is 28.4 Å². The number of sulfonamides is 1. The molecule has 0 saturated heterocycles. The van der Waals surface area contributed by atoms with Crippen molar-refractivity contribution in [2.24, 2.45) is 10.1 Å². The molecule has 1 aliphatic carbocycles. The Morgan fingerprint density at radius 1 is 1.11 bits per heavy atom. The number of carbonyl (C=O) groups is 1. The number of ketones is 1. The van der Waals surface area contributed by atoms with Gasteiger partial charge in [-0.25, -0.2) is 22.9 Å². The van der Waals surface area contributed by atoms with E-state index < -0.39 is 50.5 Å². The van der Waals surface area contributed by atoms with Crippen molar-refractivity contribution in [3.63, 3.8) is 0 Å². The van der Waals surface area contributed by atoms with E-state index in [0.29, 0.717) is 25.7 Å². The molecule has 1 aliphatic heterocycles. The molecular weight excluding hydrogens is 504 g/mol. The van der Waals surface area contributed by atoms with Gasteiger partial charge in [-0.1, -0.05) is 19.3 Å². The fourth-order valence-corrected chi connectivity index (χ4v) is 5.56. The van der Waals surface area contributed by atoms with Gasteiger partial charge in [-0.15, -0.1) is 0 Å². The van der Waals surface area contributed by atoms with Crippen LogP contribution in [0.3, 0.4) is 0 Å². The third-order valence-electron chi connectivity index (χ3n) is 6.56. The normalized spacial score (nSPS) is 18.1. The molecule has 36 heavy (non-hydrogen) atoms. The highest BCUT2D eigenvalue weighted by atomic mass is 32.2. The average Bonchev–Trinajstić information content (AvgIpc) is 3.11. The monoisotopic (exact) mass is 524 g/mol. The third-order valence-corrected chi connectivity index (χ3v) is 7.50. The minimum absolute atomic E-state index is 0.0840. The Balaban J connectivity index is 1.65. The third kappa shape index (κ3) is 4.03. The van der Waals surface area contributed by atoms with Gasteiger partial charge >= 0.3 is 6.18 Å². The second-order valence-corrected chi connectivity index (χ2v) is 10.4. The minimum atomic E-state index is -4.79. The number of anilines is 2. The fourth-order valence-electron chi connectivity index (χ4n) is 4.97. The molecule has 14 heteroatoms. The molecule has 0 bridgehead atoms. The number of nitrogens with zero attached hydrogens (tertiary/aromatic N) is 4. The molecular formula is C22H20F4N6O3S. The van der Waals surface area contributed by atoms with Crippen molar-refractivity contribution >= 4 is 44.2 Å². The number of alkyl halides is 3. The van der Waals surface area contributed by atoms with Crippen LogP contribution in [-0.4, -0.2) is 47.2 Å². The molecule has 3 aromatic rings. The first-order valence-electron chi connectivity index (χ1n) is 11.0. The molecule has 1 fully saturated rings. The van der Waals surface area contributed by atoms with E-state index in [-0.39, 0.29) is 28.4 Å². The second kappa shape index (κ2) is 8.34. The highest BCUT2D eigenvalue weighted by Gasteiger charge is 2.49. The van der Waals surface area contributed by atoms with Crippen LogP contribution >= 0.6 is 0 Å². The summed E-state index contributed by atoms with van der Waals surface area (Å²) >= 11 is 0. The Labute approximate surface area is 202 Å². The van der Waals surface area contributed by atoms with Gasteiger partial charge in [-0.05, 0) is 37.1 Å². The summed E-state index contributed by atoms with van der Waals surface area (Å²) in [5.41, 5.74) is -2.42. The van der Waals surface area contributed by atoms with Crippen molar-refractivity contribution < 1.29 is 30.8 Å². The van der Waals surface area contributed by atoms with Gasteiger partial charge in [0.15, 0.2) is 11.5 Å². The van der Waals surface area contributed by atoms with Crippen LogP contribution in [0.4, 0.5) is 29.2 Å². The number of Topliss-reactive ketones (excluding diaryl/α,β-unsaturated/α-hetero) is 1. The molecule has 0 atom stereocenters.